The molecule has 8 nitrogen and oxygen atoms in total. The van der Waals surface area contributed by atoms with Crippen LogP contribution in [0, 0.1) is 12.3 Å². The van der Waals surface area contributed by atoms with Crippen LogP contribution >= 0.6 is 11.3 Å². The lowest BCUT2D eigenvalue weighted by Crippen LogP contribution is -2.42. The van der Waals surface area contributed by atoms with Crippen molar-refractivity contribution >= 4 is 23.2 Å². The van der Waals surface area contributed by atoms with Crippen LogP contribution in [0.1, 0.15) is 6.42 Å². The van der Waals surface area contributed by atoms with Gasteiger partial charge in [0.1, 0.15) is 12.6 Å². The summed E-state index contributed by atoms with van der Waals surface area (Å²) in [5, 5.41) is 26.5. The van der Waals surface area contributed by atoms with Crippen LogP contribution in [-0.4, -0.2) is 43.2 Å². The van der Waals surface area contributed by atoms with Gasteiger partial charge in [-0.25, -0.2) is 4.79 Å². The van der Waals surface area contributed by atoms with Gasteiger partial charge in [-0.2, -0.15) is 16.1 Å². The Labute approximate surface area is 123 Å². The number of aliphatic carboxylic acids is 1. The number of nitrogens with one attached hydrogen (secondary N) is 1. The molecule has 0 saturated carbocycles. The van der Waals surface area contributed by atoms with E-state index < -0.39 is 17.9 Å². The van der Waals surface area contributed by atoms with E-state index >= 15 is 0 Å². The smallest absolute Gasteiger partial charge is 0.327 e. The normalized spacial score (nSPS) is 11.6. The maximum Gasteiger partial charge on any atom is 0.327 e. The van der Waals surface area contributed by atoms with Gasteiger partial charge in [-0.1, -0.05) is 0 Å². The van der Waals surface area contributed by atoms with Crippen molar-refractivity contribution in [3.8, 4) is 23.7 Å². The van der Waals surface area contributed by atoms with Crippen molar-refractivity contribution < 1.29 is 14.7 Å². The van der Waals surface area contributed by atoms with E-state index in [2.05, 4.69) is 26.6 Å². The van der Waals surface area contributed by atoms with E-state index in [1.165, 1.54) is 11.3 Å². The Morgan fingerprint density at radius 2 is 2.38 bits per heavy atom. The minimum absolute atomic E-state index is 0.0913. The van der Waals surface area contributed by atoms with Crippen LogP contribution in [0.3, 0.4) is 0 Å². The molecule has 108 valence electrons. The molecule has 1 atom stereocenters. The summed E-state index contributed by atoms with van der Waals surface area (Å²) in [4.78, 5) is 23.7. The molecule has 0 aromatic carbocycles. The van der Waals surface area contributed by atoms with E-state index in [9.17, 15) is 9.59 Å². The lowest BCUT2D eigenvalue weighted by Gasteiger charge is -2.10. The molecule has 2 aromatic rings. The third kappa shape index (κ3) is 3.87. The molecular weight excluding hydrogens is 294 g/mol. The van der Waals surface area contributed by atoms with Gasteiger partial charge in [-0.3, -0.25) is 4.79 Å². The van der Waals surface area contributed by atoms with Gasteiger partial charge >= 0.3 is 5.97 Å². The van der Waals surface area contributed by atoms with E-state index in [0.29, 0.717) is 5.82 Å². The minimum Gasteiger partial charge on any atom is -0.480 e. The van der Waals surface area contributed by atoms with Crippen molar-refractivity contribution in [1.82, 2.24) is 25.5 Å². The first-order valence-electron chi connectivity index (χ1n) is 5.86. The third-order valence-corrected chi connectivity index (χ3v) is 3.16. The number of carbonyl (C=O) groups is 2. The molecule has 2 rings (SSSR count). The average Bonchev–Trinajstić information content (AvgIpc) is 3.08. The fourth-order valence-electron chi connectivity index (χ4n) is 1.50. The molecule has 0 radical (unpaired) electrons. The van der Waals surface area contributed by atoms with Crippen molar-refractivity contribution in [3.63, 3.8) is 0 Å². The topological polar surface area (TPSA) is 110 Å². The van der Waals surface area contributed by atoms with Crippen molar-refractivity contribution in [3.05, 3.63) is 16.8 Å². The van der Waals surface area contributed by atoms with Crippen LogP contribution in [-0.2, 0) is 16.1 Å². The second-order valence-electron chi connectivity index (χ2n) is 4.02. The lowest BCUT2D eigenvalue weighted by atomic mass is 10.2. The standard InChI is InChI=1S/C12H11N5O3S/c1-2-3-9(12(19)20)13-10(18)6-17-15-11(14-16-17)8-4-5-21-7-8/h1,4-5,7,9H,3,6H2,(H,13,18)(H,19,20). The van der Waals surface area contributed by atoms with Crippen molar-refractivity contribution in [2.45, 2.75) is 19.0 Å². The number of aromatic nitrogens is 4. The van der Waals surface area contributed by atoms with Gasteiger partial charge in [0.05, 0.1) is 0 Å². The number of terminal acetylenes is 1. The number of hydrogen-bond acceptors (Lipinski definition) is 6. The SMILES string of the molecule is C#CCC(NC(=O)Cn1nnc(-c2ccsc2)n1)C(=O)O. The monoisotopic (exact) mass is 305 g/mol. The van der Waals surface area contributed by atoms with Crippen LogP contribution in [0.25, 0.3) is 11.4 Å². The van der Waals surface area contributed by atoms with Gasteiger partial charge < -0.3 is 10.4 Å². The molecule has 0 spiro atoms. The molecule has 0 aliphatic rings. The molecule has 9 heteroatoms. The number of carboxylic acid groups (broad SMARTS) is 1. The highest BCUT2D eigenvalue weighted by molar-refractivity contribution is 7.08. The summed E-state index contributed by atoms with van der Waals surface area (Å²) in [5.74, 6) is 0.864. The Hall–Kier alpha value is -2.73. The highest BCUT2D eigenvalue weighted by Gasteiger charge is 2.19. The predicted octanol–water partition coefficient (Wildman–Crippen LogP) is -0.00570. The Kier molecular flexibility index (Phi) is 4.63. The molecule has 2 aromatic heterocycles. The summed E-state index contributed by atoms with van der Waals surface area (Å²) in [6, 6.07) is 0.710. The second-order valence-corrected chi connectivity index (χ2v) is 4.80. The minimum atomic E-state index is -1.19. The highest BCUT2D eigenvalue weighted by Crippen LogP contribution is 2.16. The molecule has 2 N–H and O–H groups in total. The van der Waals surface area contributed by atoms with Crippen LogP contribution in [0.2, 0.25) is 0 Å². The second kappa shape index (κ2) is 6.62. The van der Waals surface area contributed by atoms with Crippen LogP contribution < -0.4 is 5.32 Å². The van der Waals surface area contributed by atoms with Gasteiger partial charge in [0.15, 0.2) is 0 Å². The van der Waals surface area contributed by atoms with Crippen molar-refractivity contribution in [2.24, 2.45) is 0 Å². The Bertz CT molecular complexity index is 673. The maximum atomic E-state index is 11.7. The Balaban J connectivity index is 1.97. The first-order valence-corrected chi connectivity index (χ1v) is 6.80. The van der Waals surface area contributed by atoms with Crippen molar-refractivity contribution in [2.75, 3.05) is 0 Å². The highest BCUT2D eigenvalue weighted by atomic mass is 32.1. The van der Waals surface area contributed by atoms with Gasteiger partial charge in [0.2, 0.25) is 11.7 Å². The van der Waals surface area contributed by atoms with E-state index in [1.54, 1.807) is 0 Å². The number of nitrogens with zero attached hydrogens (tertiary/aromatic N) is 4. The molecule has 2 heterocycles. The molecular formula is C12H11N5O3S. The third-order valence-electron chi connectivity index (χ3n) is 2.47. The van der Waals surface area contributed by atoms with E-state index in [1.807, 2.05) is 16.8 Å². The van der Waals surface area contributed by atoms with Gasteiger partial charge in [-0.05, 0) is 16.7 Å². The molecule has 21 heavy (non-hydrogen) atoms. The first kappa shape index (κ1) is 14.7. The van der Waals surface area contributed by atoms with E-state index in [0.717, 1.165) is 10.4 Å². The first-order chi connectivity index (χ1) is 10.1. The molecule has 1 unspecified atom stereocenters. The van der Waals surface area contributed by atoms with Crippen LogP contribution in [0.15, 0.2) is 16.8 Å². The molecule has 0 aliphatic carbocycles. The molecule has 0 saturated heterocycles. The number of carboxylic acids is 1. The molecule has 0 bridgehead atoms. The van der Waals surface area contributed by atoms with Crippen molar-refractivity contribution in [1.29, 1.82) is 0 Å². The summed E-state index contributed by atoms with van der Waals surface area (Å²) in [6.45, 7) is -0.231. The Morgan fingerprint density at radius 1 is 1.57 bits per heavy atom. The number of hydrogen-bond donors (Lipinski definition) is 2. The van der Waals surface area contributed by atoms with Gasteiger partial charge in [0.25, 0.3) is 0 Å². The number of amides is 1. The zero-order valence-electron chi connectivity index (χ0n) is 10.8. The van der Waals surface area contributed by atoms with E-state index in [4.69, 9.17) is 11.5 Å². The summed E-state index contributed by atoms with van der Waals surface area (Å²) in [7, 11) is 0. The summed E-state index contributed by atoms with van der Waals surface area (Å²) >= 11 is 1.49. The van der Waals surface area contributed by atoms with Gasteiger partial charge in [-0.15, -0.1) is 22.5 Å². The molecule has 0 aliphatic heterocycles. The van der Waals surface area contributed by atoms with E-state index in [-0.39, 0.29) is 13.0 Å². The number of thiophene rings is 1. The zero-order valence-corrected chi connectivity index (χ0v) is 11.6. The predicted molar refractivity (Wildman–Crippen MR) is 74.1 cm³/mol. The van der Waals surface area contributed by atoms with Gasteiger partial charge in [0, 0.05) is 17.4 Å². The number of carbonyl (C=O) groups excluding carboxylic acids is 1. The van der Waals surface area contributed by atoms with Crippen LogP contribution in [0.4, 0.5) is 0 Å². The molecule has 1 amide bonds. The number of tetrazole rings is 1. The largest absolute Gasteiger partial charge is 0.480 e. The summed E-state index contributed by atoms with van der Waals surface area (Å²) < 4.78 is 0. The lowest BCUT2D eigenvalue weighted by molar-refractivity contribution is -0.141. The fourth-order valence-corrected chi connectivity index (χ4v) is 2.14. The number of rotatable bonds is 6. The fraction of sp³-hybridized carbons (Fsp3) is 0.250. The summed E-state index contributed by atoms with van der Waals surface area (Å²) in [6.07, 6.45) is 4.96. The summed E-state index contributed by atoms with van der Waals surface area (Å²) in [5.41, 5.74) is 0.808. The van der Waals surface area contributed by atoms with Crippen LogP contribution in [0.5, 0.6) is 0 Å². The average molecular weight is 305 g/mol. The Morgan fingerprint density at radius 3 is 3.00 bits per heavy atom. The quantitative estimate of drug-likeness (QED) is 0.727. The maximum absolute atomic E-state index is 11.7. The zero-order chi connectivity index (χ0) is 15.2. The molecule has 0 fully saturated rings.